The van der Waals surface area contributed by atoms with Crippen molar-refractivity contribution in [2.45, 2.75) is 13.8 Å². The molecule has 0 aliphatic heterocycles. The highest BCUT2D eigenvalue weighted by molar-refractivity contribution is 6.03. The molecule has 0 bridgehead atoms. The molecule has 1 aromatic heterocycles. The van der Waals surface area contributed by atoms with E-state index in [2.05, 4.69) is 10.3 Å². The van der Waals surface area contributed by atoms with Gasteiger partial charge in [0.05, 0.1) is 18.5 Å². The first-order chi connectivity index (χ1) is 9.60. The van der Waals surface area contributed by atoms with Gasteiger partial charge in [0.25, 0.3) is 5.91 Å². The lowest BCUT2D eigenvalue weighted by atomic mass is 10.2. The molecule has 5 heteroatoms. The van der Waals surface area contributed by atoms with Crippen LogP contribution in [0.1, 0.15) is 22.8 Å². The van der Waals surface area contributed by atoms with Gasteiger partial charge in [-0.25, -0.2) is 4.98 Å². The maximum atomic E-state index is 12.1. The Morgan fingerprint density at radius 2 is 2.05 bits per heavy atom. The highest BCUT2D eigenvalue weighted by atomic mass is 16.5. The number of nitrogens with two attached hydrogens (primary N) is 1. The number of hydrogen-bond donors (Lipinski definition) is 2. The van der Waals surface area contributed by atoms with Gasteiger partial charge in [0.15, 0.2) is 0 Å². The molecule has 0 fully saturated rings. The molecule has 0 radical (unpaired) electrons. The number of pyridine rings is 1. The van der Waals surface area contributed by atoms with Crippen LogP contribution in [-0.4, -0.2) is 17.5 Å². The average molecular weight is 271 g/mol. The van der Waals surface area contributed by atoms with Gasteiger partial charge in [-0.2, -0.15) is 0 Å². The molecule has 0 atom stereocenters. The topological polar surface area (TPSA) is 77.2 Å². The first-order valence-corrected chi connectivity index (χ1v) is 6.36. The second-order valence-corrected chi connectivity index (χ2v) is 4.34. The van der Waals surface area contributed by atoms with Gasteiger partial charge in [-0.05, 0) is 49.7 Å². The summed E-state index contributed by atoms with van der Waals surface area (Å²) in [7, 11) is 0. The van der Waals surface area contributed by atoms with Crippen LogP contribution in [0.2, 0.25) is 0 Å². The Morgan fingerprint density at radius 1 is 1.35 bits per heavy atom. The van der Waals surface area contributed by atoms with Gasteiger partial charge in [-0.15, -0.1) is 0 Å². The molecule has 2 rings (SSSR count). The van der Waals surface area contributed by atoms with Gasteiger partial charge in [0, 0.05) is 5.56 Å². The van der Waals surface area contributed by atoms with Crippen molar-refractivity contribution in [1.29, 1.82) is 0 Å². The summed E-state index contributed by atoms with van der Waals surface area (Å²) in [4.78, 5) is 16.1. The first-order valence-electron chi connectivity index (χ1n) is 6.36. The monoisotopic (exact) mass is 271 g/mol. The number of nitrogens with zero attached hydrogens (tertiary/aromatic N) is 1. The molecular formula is C15H17N3O2. The molecule has 0 aliphatic carbocycles. The standard InChI is InChI=1S/C15H17N3O2/c1-3-20-12-6-4-11(5-7-12)15(19)18-14-8-10(2)13(16)9-17-14/h4-9H,3,16H2,1-2H3,(H,17,18,19). The minimum Gasteiger partial charge on any atom is -0.494 e. The molecule has 20 heavy (non-hydrogen) atoms. The number of carbonyl (C=O) groups is 1. The molecule has 0 saturated carbocycles. The van der Waals surface area contributed by atoms with Crippen molar-refractivity contribution in [1.82, 2.24) is 4.98 Å². The number of benzene rings is 1. The summed E-state index contributed by atoms with van der Waals surface area (Å²) in [5.41, 5.74) is 7.71. The van der Waals surface area contributed by atoms with E-state index in [1.54, 1.807) is 30.3 Å². The fourth-order valence-electron chi connectivity index (χ4n) is 1.69. The Kier molecular flexibility index (Phi) is 4.20. The lowest BCUT2D eigenvalue weighted by molar-refractivity contribution is 0.102. The predicted octanol–water partition coefficient (Wildman–Crippen LogP) is 2.62. The van der Waals surface area contributed by atoms with Crippen molar-refractivity contribution < 1.29 is 9.53 Å². The molecule has 5 nitrogen and oxygen atoms in total. The maximum absolute atomic E-state index is 12.1. The van der Waals surface area contributed by atoms with Gasteiger partial charge < -0.3 is 15.8 Å². The molecule has 1 amide bonds. The number of rotatable bonds is 4. The summed E-state index contributed by atoms with van der Waals surface area (Å²) in [5.74, 6) is 1.01. The fourth-order valence-corrected chi connectivity index (χ4v) is 1.69. The third-order valence-corrected chi connectivity index (χ3v) is 2.82. The lowest BCUT2D eigenvalue weighted by Crippen LogP contribution is -2.13. The average Bonchev–Trinajstić information content (AvgIpc) is 2.44. The maximum Gasteiger partial charge on any atom is 0.256 e. The summed E-state index contributed by atoms with van der Waals surface area (Å²) in [6.45, 7) is 4.37. The van der Waals surface area contributed by atoms with Crippen molar-refractivity contribution in [3.8, 4) is 5.75 Å². The van der Waals surface area contributed by atoms with Crippen molar-refractivity contribution in [3.63, 3.8) is 0 Å². The van der Waals surface area contributed by atoms with E-state index in [0.717, 1.165) is 11.3 Å². The highest BCUT2D eigenvalue weighted by Crippen LogP contribution is 2.16. The normalized spacial score (nSPS) is 10.1. The molecule has 0 saturated heterocycles. The van der Waals surface area contributed by atoms with Crippen LogP contribution in [0.15, 0.2) is 36.5 Å². The summed E-state index contributed by atoms with van der Waals surface area (Å²) in [5, 5.41) is 2.73. The third-order valence-electron chi connectivity index (χ3n) is 2.82. The Balaban J connectivity index is 2.09. The zero-order valence-corrected chi connectivity index (χ0v) is 11.5. The number of amides is 1. The van der Waals surface area contributed by atoms with Crippen LogP contribution < -0.4 is 15.8 Å². The van der Waals surface area contributed by atoms with E-state index in [1.165, 1.54) is 6.20 Å². The smallest absolute Gasteiger partial charge is 0.256 e. The van der Waals surface area contributed by atoms with Gasteiger partial charge >= 0.3 is 0 Å². The minimum absolute atomic E-state index is 0.218. The molecule has 0 aliphatic rings. The van der Waals surface area contributed by atoms with Crippen LogP contribution in [0.25, 0.3) is 0 Å². The summed E-state index contributed by atoms with van der Waals surface area (Å²) < 4.78 is 5.33. The van der Waals surface area contributed by atoms with Crippen LogP contribution in [0.4, 0.5) is 11.5 Å². The summed E-state index contributed by atoms with van der Waals surface area (Å²) in [6, 6.07) is 8.69. The Morgan fingerprint density at radius 3 is 2.65 bits per heavy atom. The molecule has 0 unspecified atom stereocenters. The fraction of sp³-hybridized carbons (Fsp3) is 0.200. The van der Waals surface area contributed by atoms with Crippen LogP contribution in [0, 0.1) is 6.92 Å². The second-order valence-electron chi connectivity index (χ2n) is 4.34. The molecule has 2 aromatic rings. The summed E-state index contributed by atoms with van der Waals surface area (Å²) >= 11 is 0. The van der Waals surface area contributed by atoms with Crippen molar-refractivity contribution in [3.05, 3.63) is 47.7 Å². The van der Waals surface area contributed by atoms with Crippen molar-refractivity contribution in [2.75, 3.05) is 17.7 Å². The zero-order chi connectivity index (χ0) is 14.5. The Bertz CT molecular complexity index is 609. The van der Waals surface area contributed by atoms with Crippen molar-refractivity contribution in [2.24, 2.45) is 0 Å². The Hall–Kier alpha value is -2.56. The first kappa shape index (κ1) is 13.9. The molecule has 1 aromatic carbocycles. The number of aromatic nitrogens is 1. The minimum atomic E-state index is -0.218. The lowest BCUT2D eigenvalue weighted by Gasteiger charge is -2.07. The molecule has 1 heterocycles. The van der Waals surface area contributed by atoms with E-state index >= 15 is 0 Å². The summed E-state index contributed by atoms with van der Waals surface area (Å²) in [6.07, 6.45) is 1.53. The van der Waals surface area contributed by atoms with Gasteiger partial charge in [-0.1, -0.05) is 0 Å². The number of nitrogens with one attached hydrogen (secondary N) is 1. The van der Waals surface area contributed by atoms with E-state index in [9.17, 15) is 4.79 Å². The van der Waals surface area contributed by atoms with Gasteiger partial charge in [0.1, 0.15) is 11.6 Å². The number of hydrogen-bond acceptors (Lipinski definition) is 4. The second kappa shape index (κ2) is 6.06. The zero-order valence-electron chi connectivity index (χ0n) is 11.5. The van der Waals surface area contributed by atoms with E-state index in [4.69, 9.17) is 10.5 Å². The number of nitrogen functional groups attached to an aromatic ring is 1. The van der Waals surface area contributed by atoms with E-state index in [0.29, 0.717) is 23.7 Å². The Labute approximate surface area is 117 Å². The van der Waals surface area contributed by atoms with Crippen LogP contribution in [-0.2, 0) is 0 Å². The van der Waals surface area contributed by atoms with E-state index in [-0.39, 0.29) is 5.91 Å². The van der Waals surface area contributed by atoms with E-state index in [1.807, 2.05) is 13.8 Å². The molecule has 0 spiro atoms. The number of carbonyl (C=O) groups excluding carboxylic acids is 1. The van der Waals surface area contributed by atoms with Crippen LogP contribution in [0.5, 0.6) is 5.75 Å². The number of aryl methyl sites for hydroxylation is 1. The largest absolute Gasteiger partial charge is 0.494 e. The third kappa shape index (κ3) is 3.26. The van der Waals surface area contributed by atoms with E-state index < -0.39 is 0 Å². The molecule has 104 valence electrons. The van der Waals surface area contributed by atoms with Crippen LogP contribution >= 0.6 is 0 Å². The van der Waals surface area contributed by atoms with Gasteiger partial charge in [0.2, 0.25) is 0 Å². The van der Waals surface area contributed by atoms with Gasteiger partial charge in [-0.3, -0.25) is 4.79 Å². The highest BCUT2D eigenvalue weighted by Gasteiger charge is 2.07. The molecule has 3 N–H and O–H groups in total. The SMILES string of the molecule is CCOc1ccc(C(=O)Nc2cc(C)c(N)cn2)cc1. The predicted molar refractivity (Wildman–Crippen MR) is 79.0 cm³/mol. The van der Waals surface area contributed by atoms with Crippen molar-refractivity contribution >= 4 is 17.4 Å². The quantitative estimate of drug-likeness (QED) is 0.896. The van der Waals surface area contributed by atoms with Crippen LogP contribution in [0.3, 0.4) is 0 Å². The molecular weight excluding hydrogens is 254 g/mol. The number of ether oxygens (including phenoxy) is 1. The number of anilines is 2.